The molecule has 0 atom stereocenters. The third-order valence-electron chi connectivity index (χ3n) is 2.77. The number of nitrogens with one attached hydrogen (secondary N) is 1. The van der Waals surface area contributed by atoms with Gasteiger partial charge in [-0.2, -0.15) is 5.26 Å². The Morgan fingerprint density at radius 2 is 2.00 bits per heavy atom. The molecule has 0 aliphatic heterocycles. The summed E-state index contributed by atoms with van der Waals surface area (Å²) in [6.07, 6.45) is 3.70. The number of hydrogen-bond donors (Lipinski definition) is 1. The van der Waals surface area contributed by atoms with Gasteiger partial charge in [0.1, 0.15) is 5.40 Å². The minimum atomic E-state index is -0.536. The number of rotatable bonds is 6. The first-order valence-corrected chi connectivity index (χ1v) is 7.60. The number of thiocyanates is 1. The van der Waals surface area contributed by atoms with Gasteiger partial charge in [0.05, 0.1) is 0 Å². The molecule has 5 nitrogen and oxygen atoms in total. The van der Waals surface area contributed by atoms with Crippen molar-refractivity contribution in [1.82, 2.24) is 0 Å². The van der Waals surface area contributed by atoms with Crippen LogP contribution in [0.2, 0.25) is 0 Å². The number of esters is 1. The lowest BCUT2D eigenvalue weighted by molar-refractivity contribution is -0.142. The van der Waals surface area contributed by atoms with Gasteiger partial charge in [-0.25, -0.2) is 4.79 Å². The fourth-order valence-electron chi connectivity index (χ4n) is 1.81. The standard InChI is InChI=1S/C16H18N2O3S/c1-4-5-6-15(20)21-9-14(19)18-16-11(2)7-13(22-10-17)8-12(16)3/h5-8H,4,9H2,1-3H3,(H,18,19)/b6-5+. The molecule has 1 N–H and O–H groups in total. The van der Waals surface area contributed by atoms with Gasteiger partial charge in [0.25, 0.3) is 5.91 Å². The van der Waals surface area contributed by atoms with Gasteiger partial charge in [0.15, 0.2) is 6.61 Å². The van der Waals surface area contributed by atoms with Crippen LogP contribution in [0.1, 0.15) is 24.5 Å². The lowest BCUT2D eigenvalue weighted by atomic mass is 10.1. The van der Waals surface area contributed by atoms with Gasteiger partial charge in [-0.05, 0) is 55.3 Å². The van der Waals surface area contributed by atoms with E-state index in [2.05, 4.69) is 5.32 Å². The van der Waals surface area contributed by atoms with Crippen molar-refractivity contribution in [2.75, 3.05) is 11.9 Å². The van der Waals surface area contributed by atoms with Gasteiger partial charge < -0.3 is 10.1 Å². The van der Waals surface area contributed by atoms with Crippen molar-refractivity contribution in [3.05, 3.63) is 35.4 Å². The summed E-state index contributed by atoms with van der Waals surface area (Å²) in [4.78, 5) is 23.9. The number of aryl methyl sites for hydroxylation is 2. The first kappa shape index (κ1) is 17.8. The highest BCUT2D eigenvalue weighted by Crippen LogP contribution is 2.27. The van der Waals surface area contributed by atoms with Gasteiger partial charge in [-0.15, -0.1) is 0 Å². The summed E-state index contributed by atoms with van der Waals surface area (Å²) < 4.78 is 4.84. The lowest BCUT2D eigenvalue weighted by Crippen LogP contribution is -2.21. The lowest BCUT2D eigenvalue weighted by Gasteiger charge is -2.12. The largest absolute Gasteiger partial charge is 0.452 e. The maximum atomic E-state index is 11.8. The van der Waals surface area contributed by atoms with Crippen LogP contribution in [0.3, 0.4) is 0 Å². The fraction of sp³-hybridized carbons (Fsp3) is 0.312. The highest BCUT2D eigenvalue weighted by atomic mass is 32.2. The summed E-state index contributed by atoms with van der Waals surface area (Å²) >= 11 is 1.07. The van der Waals surface area contributed by atoms with Gasteiger partial charge in [0, 0.05) is 16.7 Å². The zero-order chi connectivity index (χ0) is 16.5. The van der Waals surface area contributed by atoms with E-state index < -0.39 is 11.9 Å². The summed E-state index contributed by atoms with van der Waals surface area (Å²) in [7, 11) is 0. The second-order valence-electron chi connectivity index (χ2n) is 4.59. The molecule has 0 saturated carbocycles. The first-order chi connectivity index (χ1) is 10.5. The van der Waals surface area contributed by atoms with Crippen LogP contribution in [0, 0.1) is 24.5 Å². The Morgan fingerprint density at radius 3 is 2.55 bits per heavy atom. The summed E-state index contributed by atoms with van der Waals surface area (Å²) in [5.41, 5.74) is 2.37. The van der Waals surface area contributed by atoms with Crippen LogP contribution in [0.15, 0.2) is 29.2 Å². The third-order valence-corrected chi connectivity index (χ3v) is 3.33. The molecule has 0 unspecified atom stereocenters. The number of hydrogen-bond acceptors (Lipinski definition) is 5. The van der Waals surface area contributed by atoms with Crippen molar-refractivity contribution >= 4 is 29.3 Å². The molecule has 0 bridgehead atoms. The number of carbonyl (C=O) groups is 2. The van der Waals surface area contributed by atoms with Crippen LogP contribution in [0.25, 0.3) is 0 Å². The molecule has 1 amide bonds. The van der Waals surface area contributed by atoms with E-state index >= 15 is 0 Å². The Balaban J connectivity index is 2.67. The third kappa shape index (κ3) is 5.62. The topological polar surface area (TPSA) is 79.2 Å². The monoisotopic (exact) mass is 318 g/mol. The number of nitrogens with zero attached hydrogens (tertiary/aromatic N) is 1. The molecule has 1 aromatic rings. The van der Waals surface area contributed by atoms with E-state index in [4.69, 9.17) is 10.00 Å². The molecule has 0 aromatic heterocycles. The average molecular weight is 318 g/mol. The van der Waals surface area contributed by atoms with E-state index in [1.807, 2.05) is 38.3 Å². The fourth-order valence-corrected chi connectivity index (χ4v) is 2.38. The number of nitriles is 1. The second kappa shape index (κ2) is 8.90. The van der Waals surface area contributed by atoms with Crippen LogP contribution >= 0.6 is 11.8 Å². The van der Waals surface area contributed by atoms with Gasteiger partial charge in [-0.3, -0.25) is 4.79 Å². The summed E-state index contributed by atoms with van der Waals surface area (Å²) in [5, 5.41) is 13.4. The number of allylic oxidation sites excluding steroid dienone is 1. The quantitative estimate of drug-likeness (QED) is 0.377. The highest BCUT2D eigenvalue weighted by Gasteiger charge is 2.11. The van der Waals surface area contributed by atoms with Gasteiger partial charge in [-0.1, -0.05) is 13.0 Å². The zero-order valence-corrected chi connectivity index (χ0v) is 13.6. The highest BCUT2D eigenvalue weighted by molar-refractivity contribution is 8.03. The number of anilines is 1. The van der Waals surface area contributed by atoms with Crippen molar-refractivity contribution in [3.63, 3.8) is 0 Å². The number of carbonyl (C=O) groups excluding carboxylic acids is 2. The molecule has 0 spiro atoms. The van der Waals surface area contributed by atoms with E-state index in [1.165, 1.54) is 6.08 Å². The Bertz CT molecular complexity index is 610. The number of ether oxygens (including phenoxy) is 1. The molecule has 1 rings (SSSR count). The van der Waals surface area contributed by atoms with Crippen molar-refractivity contribution in [2.24, 2.45) is 0 Å². The summed E-state index contributed by atoms with van der Waals surface area (Å²) in [6.45, 7) is 5.26. The smallest absolute Gasteiger partial charge is 0.330 e. The van der Waals surface area contributed by atoms with Crippen molar-refractivity contribution < 1.29 is 14.3 Å². The number of benzene rings is 1. The molecule has 116 valence electrons. The molecule has 6 heteroatoms. The van der Waals surface area contributed by atoms with Crippen molar-refractivity contribution in [3.8, 4) is 5.40 Å². The predicted molar refractivity (Wildman–Crippen MR) is 86.4 cm³/mol. The van der Waals surface area contributed by atoms with E-state index in [0.29, 0.717) is 5.69 Å². The molecule has 0 radical (unpaired) electrons. The average Bonchev–Trinajstić information content (AvgIpc) is 2.47. The molecule has 0 saturated heterocycles. The summed E-state index contributed by atoms with van der Waals surface area (Å²) in [6, 6.07) is 3.65. The summed E-state index contributed by atoms with van der Waals surface area (Å²) in [5.74, 6) is -0.934. The predicted octanol–water partition coefficient (Wildman–Crippen LogP) is 3.32. The molecule has 0 fully saturated rings. The second-order valence-corrected chi connectivity index (χ2v) is 5.45. The minimum absolute atomic E-state index is 0.333. The van der Waals surface area contributed by atoms with E-state index in [-0.39, 0.29) is 6.61 Å². The van der Waals surface area contributed by atoms with Gasteiger partial charge in [0.2, 0.25) is 0 Å². The van der Waals surface area contributed by atoms with E-state index in [1.54, 1.807) is 6.08 Å². The maximum absolute atomic E-state index is 11.8. The van der Waals surface area contributed by atoms with Crippen molar-refractivity contribution in [1.29, 1.82) is 5.26 Å². The number of thioether (sulfide) groups is 1. The Labute approximate surface area is 134 Å². The first-order valence-electron chi connectivity index (χ1n) is 6.78. The van der Waals surface area contributed by atoms with Crippen molar-refractivity contribution in [2.45, 2.75) is 32.1 Å². The molecule has 1 aromatic carbocycles. The Hall–Kier alpha value is -2.26. The molecular weight excluding hydrogens is 300 g/mol. The van der Waals surface area contributed by atoms with Crippen LogP contribution in [-0.4, -0.2) is 18.5 Å². The van der Waals surface area contributed by atoms with E-state index in [9.17, 15) is 9.59 Å². The number of amides is 1. The molecule has 0 heterocycles. The van der Waals surface area contributed by atoms with Crippen LogP contribution in [0.4, 0.5) is 5.69 Å². The van der Waals surface area contributed by atoms with Crippen LogP contribution in [-0.2, 0) is 14.3 Å². The SMILES string of the molecule is CC/C=C/C(=O)OCC(=O)Nc1c(C)cc(SC#N)cc1C. The zero-order valence-electron chi connectivity index (χ0n) is 12.8. The molecule has 22 heavy (non-hydrogen) atoms. The normalized spacial score (nSPS) is 10.3. The van der Waals surface area contributed by atoms with Crippen LogP contribution < -0.4 is 5.32 Å². The van der Waals surface area contributed by atoms with E-state index in [0.717, 1.165) is 34.2 Å². The van der Waals surface area contributed by atoms with Crippen LogP contribution in [0.5, 0.6) is 0 Å². The minimum Gasteiger partial charge on any atom is -0.452 e. The van der Waals surface area contributed by atoms with Gasteiger partial charge >= 0.3 is 5.97 Å². The Morgan fingerprint density at radius 1 is 1.36 bits per heavy atom. The molecule has 0 aliphatic rings. The maximum Gasteiger partial charge on any atom is 0.330 e. The Kier molecular flexibility index (Phi) is 7.20. The molecule has 0 aliphatic carbocycles. The molecular formula is C16H18N2O3S.